The first-order valence-electron chi connectivity index (χ1n) is 8.64. The van der Waals surface area contributed by atoms with Crippen molar-refractivity contribution in [2.45, 2.75) is 51.5 Å². The molecular formula is C18H22N4O3. The molecule has 3 rings (SSSR count). The molecule has 132 valence electrons. The highest BCUT2D eigenvalue weighted by Crippen LogP contribution is 2.17. The topological polar surface area (TPSA) is 97.1 Å². The second kappa shape index (κ2) is 7.92. The Hall–Kier alpha value is -2.70. The third kappa shape index (κ3) is 4.65. The lowest BCUT2D eigenvalue weighted by Gasteiger charge is -2.16. The van der Waals surface area contributed by atoms with E-state index in [1.54, 1.807) is 31.2 Å². The van der Waals surface area contributed by atoms with E-state index in [0.717, 1.165) is 25.7 Å². The van der Waals surface area contributed by atoms with Crippen molar-refractivity contribution in [2.75, 3.05) is 5.32 Å². The molecule has 0 aromatic carbocycles. The molecule has 0 unspecified atom stereocenters. The number of hydrogen-bond donors (Lipinski definition) is 2. The van der Waals surface area contributed by atoms with Gasteiger partial charge in [0.15, 0.2) is 5.82 Å². The van der Waals surface area contributed by atoms with Crippen molar-refractivity contribution in [1.29, 1.82) is 0 Å². The van der Waals surface area contributed by atoms with Gasteiger partial charge in [-0.1, -0.05) is 36.9 Å². The molecule has 2 aromatic heterocycles. The van der Waals surface area contributed by atoms with Gasteiger partial charge in [-0.05, 0) is 31.9 Å². The molecule has 0 bridgehead atoms. The zero-order chi connectivity index (χ0) is 17.6. The van der Waals surface area contributed by atoms with Crippen LogP contribution in [0.4, 0.5) is 5.82 Å². The minimum absolute atomic E-state index is 0.161. The quantitative estimate of drug-likeness (QED) is 0.832. The highest BCUT2D eigenvalue weighted by molar-refractivity contribution is 6.03. The predicted molar refractivity (Wildman–Crippen MR) is 92.4 cm³/mol. The Kier molecular flexibility index (Phi) is 5.42. The van der Waals surface area contributed by atoms with Gasteiger partial charge in [-0.2, -0.15) is 0 Å². The average Bonchev–Trinajstić information content (AvgIpc) is 2.85. The molecule has 1 fully saturated rings. The van der Waals surface area contributed by atoms with Crippen LogP contribution in [0.15, 0.2) is 28.8 Å². The number of aromatic nitrogens is 2. The third-order valence-electron chi connectivity index (χ3n) is 4.27. The van der Waals surface area contributed by atoms with Crippen LogP contribution in [0.25, 0.3) is 0 Å². The molecule has 0 atom stereocenters. The molecule has 2 aromatic rings. The molecule has 1 saturated carbocycles. The number of rotatable bonds is 4. The number of hydrogen-bond acceptors (Lipinski definition) is 5. The first kappa shape index (κ1) is 17.1. The van der Waals surface area contributed by atoms with Gasteiger partial charge in [-0.25, -0.2) is 4.98 Å². The largest absolute Gasteiger partial charge is 0.360 e. The fourth-order valence-corrected chi connectivity index (χ4v) is 2.98. The van der Waals surface area contributed by atoms with Crippen LogP contribution in [0, 0.1) is 6.92 Å². The maximum absolute atomic E-state index is 12.4. The molecule has 2 heterocycles. The van der Waals surface area contributed by atoms with Crippen LogP contribution >= 0.6 is 0 Å². The van der Waals surface area contributed by atoms with Crippen LogP contribution in [0.2, 0.25) is 0 Å². The fraction of sp³-hybridized carbons (Fsp3) is 0.444. The predicted octanol–water partition coefficient (Wildman–Crippen LogP) is 3.08. The van der Waals surface area contributed by atoms with E-state index in [9.17, 15) is 9.59 Å². The first-order valence-corrected chi connectivity index (χ1v) is 8.64. The first-order chi connectivity index (χ1) is 12.1. The van der Waals surface area contributed by atoms with Gasteiger partial charge < -0.3 is 15.2 Å². The molecule has 2 amide bonds. The smallest absolute Gasteiger partial charge is 0.275 e. The molecule has 7 heteroatoms. The van der Waals surface area contributed by atoms with Crippen molar-refractivity contribution in [3.63, 3.8) is 0 Å². The summed E-state index contributed by atoms with van der Waals surface area (Å²) in [6.07, 6.45) is 6.72. The lowest BCUT2D eigenvalue weighted by Crippen LogP contribution is -2.35. The van der Waals surface area contributed by atoms with E-state index in [1.807, 2.05) is 0 Å². The van der Waals surface area contributed by atoms with Crippen LogP contribution in [-0.4, -0.2) is 28.0 Å². The number of pyridine rings is 1. The van der Waals surface area contributed by atoms with E-state index < -0.39 is 5.91 Å². The van der Waals surface area contributed by atoms with E-state index in [2.05, 4.69) is 20.8 Å². The van der Waals surface area contributed by atoms with Crippen LogP contribution in [-0.2, 0) is 0 Å². The fourth-order valence-electron chi connectivity index (χ4n) is 2.98. The maximum atomic E-state index is 12.4. The number of carbonyl (C=O) groups is 2. The summed E-state index contributed by atoms with van der Waals surface area (Å²) in [5.74, 6) is 0.244. The molecule has 2 N–H and O–H groups in total. The van der Waals surface area contributed by atoms with Gasteiger partial charge in [0.05, 0.1) is 0 Å². The standard InChI is InChI=1S/C18H22N4O3/c1-12-11-16(22-25-12)21-18(24)15-10-6-9-14(20-15)17(23)19-13-7-4-2-3-5-8-13/h6,9-11,13H,2-5,7-8H2,1H3,(H,19,23)(H,21,22,24). The summed E-state index contributed by atoms with van der Waals surface area (Å²) in [4.78, 5) is 28.9. The molecular weight excluding hydrogens is 320 g/mol. The Morgan fingerprint density at radius 1 is 1.08 bits per heavy atom. The molecule has 25 heavy (non-hydrogen) atoms. The van der Waals surface area contributed by atoms with E-state index in [0.29, 0.717) is 11.6 Å². The van der Waals surface area contributed by atoms with Crippen molar-refractivity contribution in [1.82, 2.24) is 15.5 Å². The highest BCUT2D eigenvalue weighted by atomic mass is 16.5. The van der Waals surface area contributed by atoms with Crippen molar-refractivity contribution < 1.29 is 14.1 Å². The zero-order valence-corrected chi connectivity index (χ0v) is 14.2. The summed E-state index contributed by atoms with van der Waals surface area (Å²) < 4.78 is 4.91. The number of amides is 2. The molecule has 0 saturated heterocycles. The van der Waals surface area contributed by atoms with Gasteiger partial charge in [0, 0.05) is 12.1 Å². The Labute approximate surface area is 146 Å². The second-order valence-corrected chi connectivity index (χ2v) is 6.35. The van der Waals surface area contributed by atoms with Gasteiger partial charge in [-0.3, -0.25) is 9.59 Å². The zero-order valence-electron chi connectivity index (χ0n) is 14.2. The molecule has 0 spiro atoms. The van der Waals surface area contributed by atoms with Gasteiger partial charge in [0.2, 0.25) is 0 Å². The second-order valence-electron chi connectivity index (χ2n) is 6.35. The monoisotopic (exact) mass is 342 g/mol. The Morgan fingerprint density at radius 3 is 2.40 bits per heavy atom. The Morgan fingerprint density at radius 2 is 1.76 bits per heavy atom. The number of aryl methyl sites for hydroxylation is 1. The van der Waals surface area contributed by atoms with Crippen molar-refractivity contribution >= 4 is 17.6 Å². The van der Waals surface area contributed by atoms with E-state index in [-0.39, 0.29) is 23.3 Å². The summed E-state index contributed by atoms with van der Waals surface area (Å²) in [7, 11) is 0. The van der Waals surface area contributed by atoms with E-state index >= 15 is 0 Å². The average molecular weight is 342 g/mol. The summed E-state index contributed by atoms with van der Waals surface area (Å²) in [6.45, 7) is 1.74. The lowest BCUT2D eigenvalue weighted by molar-refractivity contribution is 0.0928. The van der Waals surface area contributed by atoms with Crippen molar-refractivity contribution in [2.24, 2.45) is 0 Å². The van der Waals surface area contributed by atoms with Crippen LogP contribution in [0.1, 0.15) is 65.3 Å². The number of nitrogens with one attached hydrogen (secondary N) is 2. The minimum atomic E-state index is -0.433. The van der Waals surface area contributed by atoms with Gasteiger partial charge in [0.1, 0.15) is 17.1 Å². The van der Waals surface area contributed by atoms with Gasteiger partial charge in [-0.15, -0.1) is 0 Å². The molecule has 0 aliphatic heterocycles. The lowest BCUT2D eigenvalue weighted by atomic mass is 10.1. The molecule has 1 aliphatic rings. The highest BCUT2D eigenvalue weighted by Gasteiger charge is 2.18. The molecule has 0 radical (unpaired) electrons. The number of nitrogens with zero attached hydrogens (tertiary/aromatic N) is 2. The van der Waals surface area contributed by atoms with Crippen molar-refractivity contribution in [3.05, 3.63) is 41.4 Å². The van der Waals surface area contributed by atoms with Gasteiger partial charge in [0.25, 0.3) is 11.8 Å². The maximum Gasteiger partial charge on any atom is 0.275 e. The van der Waals surface area contributed by atoms with Crippen LogP contribution in [0.5, 0.6) is 0 Å². The van der Waals surface area contributed by atoms with Gasteiger partial charge >= 0.3 is 0 Å². The summed E-state index contributed by atoms with van der Waals surface area (Å²) in [5.41, 5.74) is 0.405. The Bertz CT molecular complexity index is 748. The minimum Gasteiger partial charge on any atom is -0.360 e. The Balaban J connectivity index is 1.65. The summed E-state index contributed by atoms with van der Waals surface area (Å²) in [5, 5.41) is 9.34. The summed E-state index contributed by atoms with van der Waals surface area (Å²) in [6, 6.07) is 6.62. The molecule has 7 nitrogen and oxygen atoms in total. The van der Waals surface area contributed by atoms with Crippen LogP contribution in [0.3, 0.4) is 0 Å². The van der Waals surface area contributed by atoms with Crippen molar-refractivity contribution in [3.8, 4) is 0 Å². The SMILES string of the molecule is Cc1cc(NC(=O)c2cccc(C(=O)NC3CCCCCC3)n2)no1. The number of anilines is 1. The normalized spacial score (nSPS) is 15.4. The van der Waals surface area contributed by atoms with E-state index in [4.69, 9.17) is 4.52 Å². The number of carbonyl (C=O) groups excluding carboxylic acids is 2. The third-order valence-corrected chi connectivity index (χ3v) is 4.27. The molecule has 1 aliphatic carbocycles. The van der Waals surface area contributed by atoms with E-state index in [1.165, 1.54) is 12.8 Å². The van der Waals surface area contributed by atoms with Crippen LogP contribution < -0.4 is 10.6 Å². The summed E-state index contributed by atoms with van der Waals surface area (Å²) >= 11 is 0.